The third-order valence-electron chi connectivity index (χ3n) is 17.3. The minimum atomic E-state index is 0.160. The predicted octanol–water partition coefficient (Wildman–Crippen LogP) is 0.881. The molecule has 27 heteroatoms. The number of hydrogen-bond donors (Lipinski definition) is 10. The SMILES string of the molecule is CO[C@@H]1CCOC[C@H](CN)C1.CO[C@@H]1CCOC[C@H](N)C1.CO[C@@H]1COC[C@H](CN)C1.CO[C@@H]1COC[C@H](N)C1.CO[C@H]1CCOC[C@H](N)C1.CO[C@H]1COC[C@H](CN)C1.CO[C@H]1COC[C@H](N)C1.NC[C@@H]1CCCOC1.NC[C@H]1CCCOC1.NC[C@H]1CCOC1. The van der Waals surface area contributed by atoms with Crippen molar-refractivity contribution in [3.05, 3.63) is 0 Å². The molecule has 27 nitrogen and oxygen atoms in total. The Morgan fingerprint density at radius 2 is 0.446 bits per heavy atom. The second-order valence-corrected chi connectivity index (χ2v) is 25.3. The summed E-state index contributed by atoms with van der Waals surface area (Å²) in [6.07, 6.45) is 17.8. The molecule has 0 aromatic heterocycles. The maximum absolute atomic E-state index is 5.70. The summed E-state index contributed by atoms with van der Waals surface area (Å²) in [6, 6.07) is 0.660. The van der Waals surface area contributed by atoms with E-state index in [-0.39, 0.29) is 48.6 Å². The van der Waals surface area contributed by atoms with Gasteiger partial charge in [-0.2, -0.15) is 0 Å². The highest BCUT2D eigenvalue weighted by atomic mass is 16.6. The first-order valence-electron chi connectivity index (χ1n) is 34.4. The Bertz CT molecular complexity index is 1440. The fourth-order valence-corrected chi connectivity index (χ4v) is 10.9. The van der Waals surface area contributed by atoms with Gasteiger partial charge in [-0.25, -0.2) is 0 Å². The van der Waals surface area contributed by atoms with Crippen LogP contribution in [0.15, 0.2) is 0 Å². The molecule has 10 rings (SSSR count). The molecular formula is C65H140N10O17. The molecule has 0 unspecified atom stereocenters. The first-order valence-corrected chi connectivity index (χ1v) is 34.4. The Morgan fingerprint density at radius 1 is 0.228 bits per heavy atom. The molecule has 0 radical (unpaired) electrons. The Labute approximate surface area is 555 Å². The molecule has 10 heterocycles. The molecule has 0 amide bonds. The van der Waals surface area contributed by atoms with Crippen LogP contribution >= 0.6 is 0 Å². The zero-order chi connectivity index (χ0) is 67.8. The fraction of sp³-hybridized carbons (Fsp3) is 1.00. The van der Waals surface area contributed by atoms with Crippen LogP contribution in [0.4, 0.5) is 0 Å². The van der Waals surface area contributed by atoms with Crippen LogP contribution in [-0.2, 0) is 80.5 Å². The molecule has 17 atom stereocenters. The van der Waals surface area contributed by atoms with Gasteiger partial charge in [0.25, 0.3) is 0 Å². The number of hydrogen-bond acceptors (Lipinski definition) is 27. The molecule has 10 aliphatic heterocycles. The molecule has 0 aromatic carbocycles. The van der Waals surface area contributed by atoms with Gasteiger partial charge < -0.3 is 138 Å². The quantitative estimate of drug-likeness (QED) is 0.122. The van der Waals surface area contributed by atoms with E-state index in [4.69, 9.17) is 138 Å². The zero-order valence-corrected chi connectivity index (χ0v) is 58.5. The van der Waals surface area contributed by atoms with Gasteiger partial charge in [0, 0.05) is 114 Å². The van der Waals surface area contributed by atoms with Crippen molar-refractivity contribution in [1.29, 1.82) is 0 Å². The van der Waals surface area contributed by atoms with Crippen molar-refractivity contribution in [1.82, 2.24) is 0 Å². The van der Waals surface area contributed by atoms with E-state index < -0.39 is 0 Å². The van der Waals surface area contributed by atoms with Gasteiger partial charge in [-0.1, -0.05) is 0 Å². The lowest BCUT2D eigenvalue weighted by atomic mass is 10.0. The van der Waals surface area contributed by atoms with Crippen molar-refractivity contribution in [2.75, 3.05) is 221 Å². The monoisotopic (exact) mass is 1330 g/mol. The van der Waals surface area contributed by atoms with Gasteiger partial charge in [-0.15, -0.1) is 0 Å². The minimum Gasteiger partial charge on any atom is -0.381 e. The Hall–Kier alpha value is -1.08. The summed E-state index contributed by atoms with van der Waals surface area (Å²) >= 11 is 0. The van der Waals surface area contributed by atoms with E-state index in [0.29, 0.717) is 113 Å². The molecule has 10 aliphatic rings. The van der Waals surface area contributed by atoms with Crippen molar-refractivity contribution in [3.8, 4) is 0 Å². The van der Waals surface area contributed by atoms with E-state index in [2.05, 4.69) is 0 Å². The highest BCUT2D eigenvalue weighted by molar-refractivity contribution is 4.76. The topological polar surface area (TPSA) is 417 Å². The Morgan fingerprint density at radius 3 is 0.707 bits per heavy atom. The van der Waals surface area contributed by atoms with Crippen LogP contribution in [0.1, 0.15) is 96.3 Å². The van der Waals surface area contributed by atoms with Crippen LogP contribution in [0.25, 0.3) is 0 Å². The minimum absolute atomic E-state index is 0.160. The highest BCUT2D eigenvalue weighted by Crippen LogP contribution is 2.19. The van der Waals surface area contributed by atoms with Crippen LogP contribution in [-0.4, -0.2) is 288 Å². The predicted molar refractivity (Wildman–Crippen MR) is 360 cm³/mol. The summed E-state index contributed by atoms with van der Waals surface area (Å²) in [5, 5.41) is 0. The number of nitrogens with two attached hydrogens (primary N) is 10. The number of ether oxygens (including phenoxy) is 17. The summed E-state index contributed by atoms with van der Waals surface area (Å²) in [6.45, 7) is 20.3. The second-order valence-electron chi connectivity index (χ2n) is 25.3. The molecule has 10 saturated heterocycles. The normalized spacial score (nSPS) is 33.9. The summed E-state index contributed by atoms with van der Waals surface area (Å²) in [4.78, 5) is 0. The molecule has 552 valence electrons. The second kappa shape index (κ2) is 61.0. The third kappa shape index (κ3) is 47.0. The van der Waals surface area contributed by atoms with E-state index >= 15 is 0 Å². The first kappa shape index (κ1) is 88.9. The molecule has 20 N–H and O–H groups in total. The first-order chi connectivity index (χ1) is 44.7. The Balaban J connectivity index is 0.000000512. The molecule has 0 spiro atoms. The number of methoxy groups -OCH3 is 7. The smallest absolute Gasteiger partial charge is 0.0820 e. The van der Waals surface area contributed by atoms with Gasteiger partial charge in [0.15, 0.2) is 0 Å². The lowest BCUT2D eigenvalue weighted by Gasteiger charge is -2.27. The zero-order valence-electron chi connectivity index (χ0n) is 58.5. The van der Waals surface area contributed by atoms with Crippen molar-refractivity contribution in [3.63, 3.8) is 0 Å². The molecule has 0 bridgehead atoms. The average molecular weight is 1330 g/mol. The average Bonchev–Trinajstić information content (AvgIpc) is 3.99. The van der Waals surface area contributed by atoms with Crippen molar-refractivity contribution < 1.29 is 80.5 Å². The largest absolute Gasteiger partial charge is 0.381 e. The van der Waals surface area contributed by atoms with E-state index in [1.165, 1.54) is 25.7 Å². The van der Waals surface area contributed by atoms with Crippen molar-refractivity contribution in [2.45, 2.75) is 163 Å². The maximum Gasteiger partial charge on any atom is 0.0820 e. The van der Waals surface area contributed by atoms with Crippen LogP contribution in [0.2, 0.25) is 0 Å². The summed E-state index contributed by atoms with van der Waals surface area (Å²) in [7, 11) is 12.0. The van der Waals surface area contributed by atoms with Gasteiger partial charge in [-0.3, -0.25) is 0 Å². The van der Waals surface area contributed by atoms with Crippen LogP contribution in [0.3, 0.4) is 0 Å². The van der Waals surface area contributed by atoms with Crippen LogP contribution < -0.4 is 57.3 Å². The molecule has 0 aliphatic carbocycles. The van der Waals surface area contributed by atoms with Gasteiger partial charge in [0.1, 0.15) is 0 Å². The third-order valence-corrected chi connectivity index (χ3v) is 17.3. The van der Waals surface area contributed by atoms with E-state index in [1.807, 2.05) is 0 Å². The van der Waals surface area contributed by atoms with Crippen molar-refractivity contribution >= 4 is 0 Å². The summed E-state index contributed by atoms with van der Waals surface area (Å²) < 4.78 is 88.1. The van der Waals surface area contributed by atoms with E-state index in [9.17, 15) is 0 Å². The summed E-state index contributed by atoms with van der Waals surface area (Å²) in [5.41, 5.74) is 55.3. The highest BCUT2D eigenvalue weighted by Gasteiger charge is 2.24. The molecule has 0 aromatic rings. The fourth-order valence-electron chi connectivity index (χ4n) is 10.9. The van der Waals surface area contributed by atoms with Crippen molar-refractivity contribution in [2.24, 2.45) is 92.8 Å². The molecule has 92 heavy (non-hydrogen) atoms. The molecule has 10 fully saturated rings. The standard InChI is InChI=1S/C8H17NO2.4C7H15NO2.2C6H13NO2.2C6H13NO.C5H11NO/c1-10-8-2-3-11-6-7(4-8)5-9;2*1-9-7-2-6(3-8)4-10-5-7;2*1-9-7-2-3-10-5-6(8)4-7;2*1-8-6-2-5(7)3-9-4-6;2*7-4-6-2-1-3-8-5-6;6-3-5-1-2-7-4-5/h7-8H,2-6,9H2,1H3;4*6-7H,2-5,8H2,1H3;2*5-6H,2-4,7H2,1H3;2*6H,1-5,7H2;5H,1-4,6H2/t7-,8+;6-,7+;6-,7-;6-,7+;6-,7-;5-,6+;5-,6-;2*6-;5-/m0001111101/s1. The lowest BCUT2D eigenvalue weighted by molar-refractivity contribution is -0.0534. The molecular weight excluding hydrogens is 1190 g/mol. The number of rotatable bonds is 13. The van der Waals surface area contributed by atoms with Crippen LogP contribution in [0, 0.1) is 35.5 Å². The van der Waals surface area contributed by atoms with Gasteiger partial charge in [-0.05, 0) is 171 Å². The maximum atomic E-state index is 5.70. The van der Waals surface area contributed by atoms with Gasteiger partial charge in [0.2, 0.25) is 0 Å². The van der Waals surface area contributed by atoms with Gasteiger partial charge >= 0.3 is 0 Å². The Kier molecular flexibility index (Phi) is 59.0. The lowest BCUT2D eigenvalue weighted by Crippen LogP contribution is -2.39. The molecule has 0 saturated carbocycles. The van der Waals surface area contributed by atoms with Crippen LogP contribution in [0.5, 0.6) is 0 Å². The van der Waals surface area contributed by atoms with Gasteiger partial charge in [0.05, 0.1) is 135 Å². The van der Waals surface area contributed by atoms with E-state index in [0.717, 1.165) is 183 Å². The summed E-state index contributed by atoms with van der Waals surface area (Å²) in [5.74, 6) is 3.42. The van der Waals surface area contributed by atoms with E-state index in [1.54, 1.807) is 49.8 Å².